The van der Waals surface area contributed by atoms with Crippen LogP contribution in [0.15, 0.2) is 18.2 Å². The molecule has 3 heteroatoms. The monoisotopic (exact) mass is 223 g/mol. The normalized spacial score (nSPS) is 12.6. The molecule has 0 spiro atoms. The van der Waals surface area contributed by atoms with Crippen LogP contribution in [0.3, 0.4) is 0 Å². The Morgan fingerprint density at radius 2 is 1.94 bits per heavy atom. The molecule has 1 aromatic carbocycles. The summed E-state index contributed by atoms with van der Waals surface area (Å²) in [7, 11) is 1.96. The zero-order chi connectivity index (χ0) is 12.1. The predicted molar refractivity (Wildman–Crippen MR) is 66.9 cm³/mol. The van der Waals surface area contributed by atoms with Gasteiger partial charge < -0.3 is 15.1 Å². The predicted octanol–water partition coefficient (Wildman–Crippen LogP) is 1.48. The van der Waals surface area contributed by atoms with E-state index in [1.807, 2.05) is 11.9 Å². The van der Waals surface area contributed by atoms with Gasteiger partial charge in [-0.15, -0.1) is 0 Å². The van der Waals surface area contributed by atoms with Crippen LogP contribution >= 0.6 is 0 Å². The van der Waals surface area contributed by atoms with Crippen molar-refractivity contribution < 1.29 is 10.2 Å². The van der Waals surface area contributed by atoms with E-state index >= 15 is 0 Å². The van der Waals surface area contributed by atoms with Crippen LogP contribution in [-0.4, -0.2) is 36.5 Å². The van der Waals surface area contributed by atoms with Crippen molar-refractivity contribution in [1.29, 1.82) is 0 Å². The molecular formula is C13H21NO2. The number of nitrogens with zero attached hydrogens (tertiary/aromatic N) is 1. The molecule has 0 heterocycles. The fraction of sp³-hybridized carbons (Fsp3) is 0.538. The number of aryl methyl sites for hydroxylation is 2. The van der Waals surface area contributed by atoms with E-state index in [0.717, 1.165) is 5.69 Å². The average Bonchev–Trinajstić information content (AvgIpc) is 2.28. The molecule has 1 unspecified atom stereocenters. The molecule has 0 aliphatic heterocycles. The molecule has 0 aliphatic rings. The maximum atomic E-state index is 9.30. The lowest BCUT2D eigenvalue weighted by atomic mass is 10.1. The van der Waals surface area contributed by atoms with Gasteiger partial charge in [0.2, 0.25) is 0 Å². The Morgan fingerprint density at radius 1 is 1.25 bits per heavy atom. The van der Waals surface area contributed by atoms with Gasteiger partial charge in [-0.1, -0.05) is 12.1 Å². The Kier molecular flexibility index (Phi) is 4.77. The smallest absolute Gasteiger partial charge is 0.0635 e. The number of aliphatic hydroxyl groups is 2. The number of aliphatic hydroxyl groups excluding tert-OH is 2. The van der Waals surface area contributed by atoms with Gasteiger partial charge in [0.1, 0.15) is 0 Å². The topological polar surface area (TPSA) is 43.7 Å². The molecule has 16 heavy (non-hydrogen) atoms. The third-order valence-corrected chi connectivity index (χ3v) is 2.97. The maximum Gasteiger partial charge on any atom is 0.0635 e. The van der Waals surface area contributed by atoms with Gasteiger partial charge in [-0.2, -0.15) is 0 Å². The number of benzene rings is 1. The molecule has 0 aromatic heterocycles. The fourth-order valence-electron chi connectivity index (χ4n) is 1.85. The second kappa shape index (κ2) is 5.87. The van der Waals surface area contributed by atoms with E-state index in [2.05, 4.69) is 32.0 Å². The third kappa shape index (κ3) is 2.97. The minimum absolute atomic E-state index is 0.0227. The number of anilines is 1. The largest absolute Gasteiger partial charge is 0.396 e. The van der Waals surface area contributed by atoms with Gasteiger partial charge in [0.05, 0.1) is 12.6 Å². The maximum absolute atomic E-state index is 9.30. The molecule has 0 amide bonds. The van der Waals surface area contributed by atoms with Crippen molar-refractivity contribution in [2.24, 2.45) is 0 Å². The van der Waals surface area contributed by atoms with Crippen molar-refractivity contribution in [2.45, 2.75) is 26.3 Å². The number of hydrogen-bond acceptors (Lipinski definition) is 3. The van der Waals surface area contributed by atoms with Crippen LogP contribution in [0.1, 0.15) is 17.5 Å². The zero-order valence-corrected chi connectivity index (χ0v) is 10.3. The van der Waals surface area contributed by atoms with Gasteiger partial charge in [-0.3, -0.25) is 0 Å². The van der Waals surface area contributed by atoms with E-state index in [9.17, 15) is 5.11 Å². The van der Waals surface area contributed by atoms with Crippen LogP contribution in [0, 0.1) is 13.8 Å². The lowest BCUT2D eigenvalue weighted by molar-refractivity contribution is 0.218. The molecule has 0 fully saturated rings. The first-order valence-corrected chi connectivity index (χ1v) is 5.62. The summed E-state index contributed by atoms with van der Waals surface area (Å²) >= 11 is 0. The number of likely N-dealkylation sites (N-methyl/N-ethyl adjacent to an activating group) is 1. The lowest BCUT2D eigenvalue weighted by Gasteiger charge is -2.29. The molecule has 90 valence electrons. The molecule has 3 nitrogen and oxygen atoms in total. The zero-order valence-electron chi connectivity index (χ0n) is 10.3. The highest BCUT2D eigenvalue weighted by molar-refractivity contribution is 5.55. The first-order valence-electron chi connectivity index (χ1n) is 5.62. The van der Waals surface area contributed by atoms with E-state index in [4.69, 9.17) is 5.11 Å². The van der Waals surface area contributed by atoms with Gasteiger partial charge in [0.15, 0.2) is 0 Å². The summed E-state index contributed by atoms with van der Waals surface area (Å²) in [5.41, 5.74) is 3.50. The molecule has 0 radical (unpaired) electrons. The SMILES string of the molecule is Cc1ccc(C)c(N(C)C(CO)CCO)c1. The quantitative estimate of drug-likeness (QED) is 0.794. The molecule has 0 saturated heterocycles. The van der Waals surface area contributed by atoms with Crippen LogP contribution in [0.2, 0.25) is 0 Å². The Morgan fingerprint density at radius 3 is 2.50 bits per heavy atom. The van der Waals surface area contributed by atoms with Crippen molar-refractivity contribution in [2.75, 3.05) is 25.2 Å². The molecule has 1 atom stereocenters. The molecule has 1 rings (SSSR count). The number of rotatable bonds is 5. The van der Waals surface area contributed by atoms with Crippen molar-refractivity contribution in [3.8, 4) is 0 Å². The molecule has 0 aliphatic carbocycles. The van der Waals surface area contributed by atoms with Crippen LogP contribution in [0.25, 0.3) is 0 Å². The van der Waals surface area contributed by atoms with Crippen LogP contribution in [0.4, 0.5) is 5.69 Å². The summed E-state index contributed by atoms with van der Waals surface area (Å²) < 4.78 is 0. The Bertz CT molecular complexity index is 339. The van der Waals surface area contributed by atoms with Crippen molar-refractivity contribution in [3.05, 3.63) is 29.3 Å². The van der Waals surface area contributed by atoms with E-state index < -0.39 is 0 Å². The van der Waals surface area contributed by atoms with Gasteiger partial charge in [0.25, 0.3) is 0 Å². The summed E-state index contributed by atoms with van der Waals surface area (Å²) in [5.74, 6) is 0. The van der Waals surface area contributed by atoms with Crippen molar-refractivity contribution in [3.63, 3.8) is 0 Å². The van der Waals surface area contributed by atoms with Crippen molar-refractivity contribution in [1.82, 2.24) is 0 Å². The summed E-state index contributed by atoms with van der Waals surface area (Å²) in [6, 6.07) is 6.24. The van der Waals surface area contributed by atoms with Gasteiger partial charge in [0, 0.05) is 19.3 Å². The van der Waals surface area contributed by atoms with Gasteiger partial charge in [-0.25, -0.2) is 0 Å². The minimum atomic E-state index is -0.0227. The highest BCUT2D eigenvalue weighted by Crippen LogP contribution is 2.22. The van der Waals surface area contributed by atoms with E-state index in [1.54, 1.807) is 0 Å². The summed E-state index contributed by atoms with van der Waals surface area (Å²) in [6.07, 6.45) is 0.584. The first-order chi connectivity index (χ1) is 7.60. The molecule has 0 saturated carbocycles. The standard InChI is InChI=1S/C13H21NO2/c1-10-4-5-11(2)13(8-10)14(3)12(9-16)6-7-15/h4-5,8,12,15-16H,6-7,9H2,1-3H3. The van der Waals surface area contributed by atoms with Crippen LogP contribution < -0.4 is 4.90 Å². The van der Waals surface area contributed by atoms with E-state index in [-0.39, 0.29) is 19.3 Å². The van der Waals surface area contributed by atoms with Crippen LogP contribution in [-0.2, 0) is 0 Å². The van der Waals surface area contributed by atoms with Crippen LogP contribution in [0.5, 0.6) is 0 Å². The van der Waals surface area contributed by atoms with E-state index in [1.165, 1.54) is 11.1 Å². The van der Waals surface area contributed by atoms with Gasteiger partial charge in [-0.05, 0) is 37.5 Å². The average molecular weight is 223 g/mol. The molecule has 2 N–H and O–H groups in total. The molecule has 1 aromatic rings. The fourth-order valence-corrected chi connectivity index (χ4v) is 1.85. The highest BCUT2D eigenvalue weighted by atomic mass is 16.3. The summed E-state index contributed by atoms with van der Waals surface area (Å²) in [6.45, 7) is 4.26. The summed E-state index contributed by atoms with van der Waals surface area (Å²) in [4.78, 5) is 2.04. The first kappa shape index (κ1) is 13.0. The molecule has 0 bridgehead atoms. The van der Waals surface area contributed by atoms with E-state index in [0.29, 0.717) is 6.42 Å². The molecular weight excluding hydrogens is 202 g/mol. The Balaban J connectivity index is 2.93. The third-order valence-electron chi connectivity index (χ3n) is 2.97. The minimum Gasteiger partial charge on any atom is -0.396 e. The lowest BCUT2D eigenvalue weighted by Crippen LogP contribution is -2.36. The van der Waals surface area contributed by atoms with Gasteiger partial charge >= 0.3 is 0 Å². The second-order valence-corrected chi connectivity index (χ2v) is 4.25. The van der Waals surface area contributed by atoms with Crippen molar-refractivity contribution >= 4 is 5.69 Å². The number of hydrogen-bond donors (Lipinski definition) is 2. The second-order valence-electron chi connectivity index (χ2n) is 4.25. The highest BCUT2D eigenvalue weighted by Gasteiger charge is 2.15. The Hall–Kier alpha value is -1.06. The Labute approximate surface area is 97.3 Å². The summed E-state index contributed by atoms with van der Waals surface area (Å²) in [5, 5.41) is 18.2.